The van der Waals surface area contributed by atoms with Gasteiger partial charge in [-0.25, -0.2) is 4.98 Å². The molecule has 1 saturated carbocycles. The van der Waals surface area contributed by atoms with E-state index in [9.17, 15) is 0 Å². The molecule has 1 aromatic rings. The van der Waals surface area contributed by atoms with Gasteiger partial charge in [0.15, 0.2) is 0 Å². The Morgan fingerprint density at radius 3 is 2.60 bits per heavy atom. The van der Waals surface area contributed by atoms with Crippen LogP contribution < -0.4 is 5.32 Å². The SMILES string of the molecule is CC1(Nc2ccc(Cl)cn2)CCCCC1. The highest BCUT2D eigenvalue weighted by molar-refractivity contribution is 6.30. The maximum absolute atomic E-state index is 5.80. The quantitative estimate of drug-likeness (QED) is 0.825. The molecule has 82 valence electrons. The minimum absolute atomic E-state index is 0.221. The number of nitrogens with zero attached hydrogens (tertiary/aromatic N) is 1. The van der Waals surface area contributed by atoms with Gasteiger partial charge in [0, 0.05) is 11.7 Å². The first-order valence-corrected chi connectivity index (χ1v) is 5.96. The normalized spacial score (nSPS) is 19.9. The first kappa shape index (κ1) is 10.7. The van der Waals surface area contributed by atoms with Crippen LogP contribution in [-0.2, 0) is 0 Å². The van der Waals surface area contributed by atoms with Crippen molar-refractivity contribution in [2.75, 3.05) is 5.32 Å². The Hall–Kier alpha value is -0.760. The van der Waals surface area contributed by atoms with Crippen LogP contribution in [0.15, 0.2) is 18.3 Å². The van der Waals surface area contributed by atoms with Crippen molar-refractivity contribution >= 4 is 17.4 Å². The van der Waals surface area contributed by atoms with Crippen molar-refractivity contribution < 1.29 is 0 Å². The predicted molar refractivity (Wildman–Crippen MR) is 64.4 cm³/mol. The molecule has 0 unspecified atom stereocenters. The number of hydrogen-bond acceptors (Lipinski definition) is 2. The molecule has 0 atom stereocenters. The topological polar surface area (TPSA) is 24.9 Å². The van der Waals surface area contributed by atoms with Crippen molar-refractivity contribution in [2.45, 2.75) is 44.6 Å². The van der Waals surface area contributed by atoms with E-state index in [2.05, 4.69) is 17.2 Å². The molecule has 0 aromatic carbocycles. The van der Waals surface area contributed by atoms with Gasteiger partial charge in [-0.3, -0.25) is 0 Å². The minimum Gasteiger partial charge on any atom is -0.365 e. The average Bonchev–Trinajstić information content (AvgIpc) is 2.22. The fraction of sp³-hybridized carbons (Fsp3) is 0.583. The molecule has 1 N–H and O–H groups in total. The van der Waals surface area contributed by atoms with Gasteiger partial charge in [-0.05, 0) is 31.9 Å². The highest BCUT2D eigenvalue weighted by atomic mass is 35.5. The third-order valence-corrected chi connectivity index (χ3v) is 3.34. The van der Waals surface area contributed by atoms with Gasteiger partial charge in [0.2, 0.25) is 0 Å². The second-order valence-corrected chi connectivity index (χ2v) is 5.04. The molecule has 0 spiro atoms. The summed E-state index contributed by atoms with van der Waals surface area (Å²) in [4.78, 5) is 4.27. The van der Waals surface area contributed by atoms with Crippen LogP contribution in [0.25, 0.3) is 0 Å². The third kappa shape index (κ3) is 2.85. The Labute approximate surface area is 96.1 Å². The molecule has 15 heavy (non-hydrogen) atoms. The number of pyridine rings is 1. The molecule has 0 radical (unpaired) electrons. The maximum Gasteiger partial charge on any atom is 0.126 e. The van der Waals surface area contributed by atoms with Crippen LogP contribution in [0.5, 0.6) is 0 Å². The Bertz CT molecular complexity index is 315. The zero-order valence-electron chi connectivity index (χ0n) is 9.09. The Morgan fingerprint density at radius 2 is 2.00 bits per heavy atom. The van der Waals surface area contributed by atoms with Gasteiger partial charge in [-0.2, -0.15) is 0 Å². The van der Waals surface area contributed by atoms with Gasteiger partial charge in [-0.15, -0.1) is 0 Å². The number of hydrogen-bond donors (Lipinski definition) is 1. The Kier molecular flexibility index (Phi) is 3.15. The Balaban J connectivity index is 2.03. The summed E-state index contributed by atoms with van der Waals surface area (Å²) in [6, 6.07) is 3.82. The van der Waals surface area contributed by atoms with E-state index in [0.29, 0.717) is 5.02 Å². The van der Waals surface area contributed by atoms with E-state index >= 15 is 0 Å². The van der Waals surface area contributed by atoms with Gasteiger partial charge in [0.25, 0.3) is 0 Å². The van der Waals surface area contributed by atoms with Crippen molar-refractivity contribution in [2.24, 2.45) is 0 Å². The van der Waals surface area contributed by atoms with E-state index in [1.54, 1.807) is 6.20 Å². The smallest absolute Gasteiger partial charge is 0.126 e. The molecule has 3 heteroatoms. The molecular formula is C12H17ClN2. The largest absolute Gasteiger partial charge is 0.365 e. The molecule has 1 fully saturated rings. The second-order valence-electron chi connectivity index (χ2n) is 4.61. The van der Waals surface area contributed by atoms with Crippen molar-refractivity contribution in [1.29, 1.82) is 0 Å². The summed E-state index contributed by atoms with van der Waals surface area (Å²) in [5.41, 5.74) is 0.221. The number of aromatic nitrogens is 1. The van der Waals surface area contributed by atoms with Crippen LogP contribution in [0.3, 0.4) is 0 Å². The van der Waals surface area contributed by atoms with Crippen molar-refractivity contribution in [1.82, 2.24) is 4.98 Å². The number of nitrogens with one attached hydrogen (secondary N) is 1. The number of anilines is 1. The standard InChI is InChI=1S/C12H17ClN2/c1-12(7-3-2-4-8-12)15-11-6-5-10(13)9-14-11/h5-6,9H,2-4,7-8H2,1H3,(H,14,15). The lowest BCUT2D eigenvalue weighted by Gasteiger charge is -2.35. The average molecular weight is 225 g/mol. The highest BCUT2D eigenvalue weighted by Crippen LogP contribution is 2.30. The first-order chi connectivity index (χ1) is 7.18. The molecule has 1 aliphatic carbocycles. The second kappa shape index (κ2) is 4.40. The molecule has 2 rings (SSSR count). The summed E-state index contributed by atoms with van der Waals surface area (Å²) >= 11 is 5.80. The van der Waals surface area contributed by atoms with E-state index in [1.165, 1.54) is 32.1 Å². The number of halogens is 1. The minimum atomic E-state index is 0.221. The molecular weight excluding hydrogens is 208 g/mol. The van der Waals surface area contributed by atoms with E-state index in [0.717, 1.165) is 5.82 Å². The van der Waals surface area contributed by atoms with Crippen LogP contribution in [0, 0.1) is 0 Å². The van der Waals surface area contributed by atoms with E-state index in [4.69, 9.17) is 11.6 Å². The monoisotopic (exact) mass is 224 g/mol. The zero-order valence-corrected chi connectivity index (χ0v) is 9.85. The van der Waals surface area contributed by atoms with Gasteiger partial charge in [0.1, 0.15) is 5.82 Å². The van der Waals surface area contributed by atoms with Crippen LogP contribution in [0.2, 0.25) is 5.02 Å². The molecule has 0 amide bonds. The van der Waals surface area contributed by atoms with E-state index in [1.807, 2.05) is 12.1 Å². The third-order valence-electron chi connectivity index (χ3n) is 3.11. The molecule has 0 saturated heterocycles. The van der Waals surface area contributed by atoms with Gasteiger partial charge in [0.05, 0.1) is 5.02 Å². The lowest BCUT2D eigenvalue weighted by molar-refractivity contribution is 0.348. The van der Waals surface area contributed by atoms with Crippen LogP contribution in [0.4, 0.5) is 5.82 Å². The van der Waals surface area contributed by atoms with Crippen molar-refractivity contribution in [3.8, 4) is 0 Å². The Morgan fingerprint density at radius 1 is 1.27 bits per heavy atom. The summed E-state index contributed by atoms with van der Waals surface area (Å²) in [6.45, 7) is 2.28. The van der Waals surface area contributed by atoms with Crippen LogP contribution in [-0.4, -0.2) is 10.5 Å². The number of rotatable bonds is 2. The molecule has 0 bridgehead atoms. The van der Waals surface area contributed by atoms with Crippen LogP contribution in [0.1, 0.15) is 39.0 Å². The van der Waals surface area contributed by atoms with Gasteiger partial charge >= 0.3 is 0 Å². The lowest BCUT2D eigenvalue weighted by Crippen LogP contribution is -2.37. The zero-order chi connectivity index (χ0) is 10.7. The summed E-state index contributed by atoms with van der Waals surface area (Å²) in [7, 11) is 0. The predicted octanol–water partition coefficient (Wildman–Crippen LogP) is 3.87. The van der Waals surface area contributed by atoms with E-state index in [-0.39, 0.29) is 5.54 Å². The summed E-state index contributed by atoms with van der Waals surface area (Å²) < 4.78 is 0. The van der Waals surface area contributed by atoms with Crippen molar-refractivity contribution in [3.05, 3.63) is 23.4 Å². The fourth-order valence-corrected chi connectivity index (χ4v) is 2.33. The van der Waals surface area contributed by atoms with Gasteiger partial charge in [-0.1, -0.05) is 30.9 Å². The summed E-state index contributed by atoms with van der Waals surface area (Å²) in [5, 5.41) is 4.20. The van der Waals surface area contributed by atoms with Crippen molar-refractivity contribution in [3.63, 3.8) is 0 Å². The summed E-state index contributed by atoms with van der Waals surface area (Å²) in [5.74, 6) is 0.934. The molecule has 2 nitrogen and oxygen atoms in total. The molecule has 1 aliphatic rings. The molecule has 1 heterocycles. The highest BCUT2D eigenvalue weighted by Gasteiger charge is 2.26. The molecule has 1 aromatic heterocycles. The molecule has 0 aliphatic heterocycles. The fourth-order valence-electron chi connectivity index (χ4n) is 2.22. The first-order valence-electron chi connectivity index (χ1n) is 5.58. The maximum atomic E-state index is 5.80. The van der Waals surface area contributed by atoms with Gasteiger partial charge < -0.3 is 5.32 Å². The van der Waals surface area contributed by atoms with Crippen LogP contribution >= 0.6 is 11.6 Å². The lowest BCUT2D eigenvalue weighted by atomic mass is 9.83. The summed E-state index contributed by atoms with van der Waals surface area (Å²) in [6.07, 6.45) is 8.16. The van der Waals surface area contributed by atoms with E-state index < -0.39 is 0 Å².